The molecule has 0 aliphatic rings. The molecular formula is C16H16O2. The van der Waals surface area contributed by atoms with E-state index in [-0.39, 0.29) is 5.97 Å². The highest BCUT2D eigenvalue weighted by Gasteiger charge is 2.02. The molecule has 2 rings (SSSR count). The predicted molar refractivity (Wildman–Crippen MR) is 74.5 cm³/mol. The Morgan fingerprint density at radius 2 is 1.94 bits per heavy atom. The van der Waals surface area contributed by atoms with Crippen molar-refractivity contribution in [2.45, 2.75) is 13.8 Å². The average Bonchev–Trinajstić information content (AvgIpc) is 2.37. The number of aryl methyl sites for hydroxylation is 2. The number of benzene rings is 2. The fourth-order valence-electron chi connectivity index (χ4n) is 2.03. The summed E-state index contributed by atoms with van der Waals surface area (Å²) in [7, 11) is 1.38. The first kappa shape index (κ1) is 12.4. The number of methoxy groups -OCH3 is 1. The van der Waals surface area contributed by atoms with Crippen LogP contribution in [0.3, 0.4) is 0 Å². The van der Waals surface area contributed by atoms with Crippen molar-refractivity contribution >= 4 is 22.8 Å². The molecule has 92 valence electrons. The van der Waals surface area contributed by atoms with Crippen LogP contribution in [0.1, 0.15) is 16.7 Å². The summed E-state index contributed by atoms with van der Waals surface area (Å²) in [5.41, 5.74) is 3.46. The Kier molecular flexibility index (Phi) is 3.47. The summed E-state index contributed by atoms with van der Waals surface area (Å²) in [6.07, 6.45) is 3.24. The normalized spacial score (nSPS) is 11.1. The van der Waals surface area contributed by atoms with Crippen LogP contribution in [-0.4, -0.2) is 13.1 Å². The van der Waals surface area contributed by atoms with Crippen LogP contribution in [0, 0.1) is 13.8 Å². The Labute approximate surface area is 107 Å². The molecule has 2 nitrogen and oxygen atoms in total. The fourth-order valence-corrected chi connectivity index (χ4v) is 2.03. The second kappa shape index (κ2) is 5.05. The molecule has 0 aliphatic carbocycles. The van der Waals surface area contributed by atoms with Crippen LogP contribution in [0.15, 0.2) is 36.4 Å². The van der Waals surface area contributed by atoms with Crippen LogP contribution < -0.4 is 0 Å². The molecule has 0 spiro atoms. The molecule has 0 aromatic heterocycles. The number of rotatable bonds is 2. The van der Waals surface area contributed by atoms with Crippen LogP contribution >= 0.6 is 0 Å². The van der Waals surface area contributed by atoms with Crippen molar-refractivity contribution in [2.24, 2.45) is 0 Å². The van der Waals surface area contributed by atoms with Gasteiger partial charge in [-0.05, 0) is 41.8 Å². The molecule has 0 bridgehead atoms. The molecule has 2 aromatic carbocycles. The zero-order chi connectivity index (χ0) is 13.1. The predicted octanol–water partition coefficient (Wildman–Crippen LogP) is 3.64. The minimum Gasteiger partial charge on any atom is -0.466 e. The van der Waals surface area contributed by atoms with Crippen LogP contribution in [0.4, 0.5) is 0 Å². The molecule has 2 heteroatoms. The number of hydrogen-bond acceptors (Lipinski definition) is 2. The van der Waals surface area contributed by atoms with Gasteiger partial charge in [-0.1, -0.05) is 35.9 Å². The molecule has 0 atom stereocenters. The van der Waals surface area contributed by atoms with Gasteiger partial charge in [-0.3, -0.25) is 0 Å². The largest absolute Gasteiger partial charge is 0.466 e. The van der Waals surface area contributed by atoms with Gasteiger partial charge in [-0.25, -0.2) is 4.79 Å². The maximum atomic E-state index is 11.1. The third-order valence-corrected chi connectivity index (χ3v) is 3.09. The summed E-state index contributed by atoms with van der Waals surface area (Å²) >= 11 is 0. The van der Waals surface area contributed by atoms with E-state index in [4.69, 9.17) is 0 Å². The SMILES string of the molecule is COC(=O)C=Cc1ccc2cc(C)ccc2c1C. The third-order valence-electron chi connectivity index (χ3n) is 3.09. The lowest BCUT2D eigenvalue weighted by atomic mass is 9.98. The molecular weight excluding hydrogens is 224 g/mol. The van der Waals surface area contributed by atoms with Gasteiger partial charge in [0, 0.05) is 6.08 Å². The molecule has 0 amide bonds. The number of hydrogen-bond donors (Lipinski definition) is 0. The van der Waals surface area contributed by atoms with Crippen LogP contribution in [0.25, 0.3) is 16.8 Å². The summed E-state index contributed by atoms with van der Waals surface area (Å²) < 4.78 is 4.59. The van der Waals surface area contributed by atoms with Gasteiger partial charge in [0.2, 0.25) is 0 Å². The Morgan fingerprint density at radius 3 is 2.67 bits per heavy atom. The Morgan fingerprint density at radius 1 is 1.17 bits per heavy atom. The van der Waals surface area contributed by atoms with E-state index in [2.05, 4.69) is 42.8 Å². The lowest BCUT2D eigenvalue weighted by Crippen LogP contribution is -1.94. The summed E-state index contributed by atoms with van der Waals surface area (Å²) in [5, 5.41) is 2.44. The number of carbonyl (C=O) groups excluding carboxylic acids is 1. The minimum atomic E-state index is -0.335. The molecule has 0 heterocycles. The van der Waals surface area contributed by atoms with E-state index in [9.17, 15) is 4.79 Å². The van der Waals surface area contributed by atoms with Gasteiger partial charge < -0.3 is 4.74 Å². The van der Waals surface area contributed by atoms with Gasteiger partial charge in [0.15, 0.2) is 0 Å². The highest BCUT2D eigenvalue weighted by Crippen LogP contribution is 2.23. The van der Waals surface area contributed by atoms with Crippen molar-refractivity contribution in [2.75, 3.05) is 7.11 Å². The maximum Gasteiger partial charge on any atom is 0.330 e. The number of fused-ring (bicyclic) bond motifs is 1. The number of esters is 1. The van der Waals surface area contributed by atoms with Crippen LogP contribution in [-0.2, 0) is 9.53 Å². The lowest BCUT2D eigenvalue weighted by molar-refractivity contribution is -0.134. The van der Waals surface area contributed by atoms with Crippen molar-refractivity contribution in [3.8, 4) is 0 Å². The first-order valence-corrected chi connectivity index (χ1v) is 5.88. The highest BCUT2D eigenvalue weighted by atomic mass is 16.5. The smallest absolute Gasteiger partial charge is 0.330 e. The topological polar surface area (TPSA) is 26.3 Å². The van der Waals surface area contributed by atoms with Crippen molar-refractivity contribution in [1.82, 2.24) is 0 Å². The summed E-state index contributed by atoms with van der Waals surface area (Å²) in [4.78, 5) is 11.1. The molecule has 0 fully saturated rings. The minimum absolute atomic E-state index is 0.335. The van der Waals surface area contributed by atoms with E-state index in [1.165, 1.54) is 35.1 Å². The first-order valence-electron chi connectivity index (χ1n) is 5.88. The molecule has 0 unspecified atom stereocenters. The van der Waals surface area contributed by atoms with Crippen molar-refractivity contribution in [3.05, 3.63) is 53.1 Å². The Balaban J connectivity index is 2.48. The van der Waals surface area contributed by atoms with E-state index in [0.29, 0.717) is 0 Å². The average molecular weight is 240 g/mol. The third kappa shape index (κ3) is 2.43. The second-order valence-electron chi connectivity index (χ2n) is 4.36. The van der Waals surface area contributed by atoms with Gasteiger partial charge in [-0.15, -0.1) is 0 Å². The number of ether oxygens (including phenoxy) is 1. The van der Waals surface area contributed by atoms with E-state index in [1.807, 2.05) is 6.07 Å². The molecule has 0 N–H and O–H groups in total. The van der Waals surface area contributed by atoms with Gasteiger partial charge in [0.1, 0.15) is 0 Å². The van der Waals surface area contributed by atoms with Gasteiger partial charge >= 0.3 is 5.97 Å². The molecule has 0 aliphatic heterocycles. The van der Waals surface area contributed by atoms with E-state index < -0.39 is 0 Å². The lowest BCUT2D eigenvalue weighted by Gasteiger charge is -2.07. The molecule has 0 saturated carbocycles. The zero-order valence-corrected chi connectivity index (χ0v) is 10.9. The quantitative estimate of drug-likeness (QED) is 0.591. The van der Waals surface area contributed by atoms with E-state index in [1.54, 1.807) is 6.08 Å². The fraction of sp³-hybridized carbons (Fsp3) is 0.188. The Bertz CT molecular complexity index is 624. The summed E-state index contributed by atoms with van der Waals surface area (Å²) in [6, 6.07) is 10.5. The highest BCUT2D eigenvalue weighted by molar-refractivity contribution is 5.92. The van der Waals surface area contributed by atoms with Gasteiger partial charge in [0.25, 0.3) is 0 Å². The maximum absolute atomic E-state index is 11.1. The van der Waals surface area contributed by atoms with Crippen molar-refractivity contribution in [3.63, 3.8) is 0 Å². The summed E-state index contributed by atoms with van der Waals surface area (Å²) in [5.74, 6) is -0.335. The molecule has 2 aromatic rings. The van der Waals surface area contributed by atoms with Crippen LogP contribution in [0.2, 0.25) is 0 Å². The molecule has 18 heavy (non-hydrogen) atoms. The van der Waals surface area contributed by atoms with Crippen molar-refractivity contribution in [1.29, 1.82) is 0 Å². The first-order chi connectivity index (χ1) is 8.61. The molecule has 0 radical (unpaired) electrons. The molecule has 0 saturated heterocycles. The summed E-state index contributed by atoms with van der Waals surface area (Å²) in [6.45, 7) is 4.15. The Hall–Kier alpha value is -2.09. The zero-order valence-electron chi connectivity index (χ0n) is 10.9. The standard InChI is InChI=1S/C16H16O2/c1-11-4-8-15-12(2)13(5-6-14(15)10-11)7-9-16(17)18-3/h4-10H,1-3H3. The van der Waals surface area contributed by atoms with E-state index >= 15 is 0 Å². The second-order valence-corrected chi connectivity index (χ2v) is 4.36. The van der Waals surface area contributed by atoms with Crippen LogP contribution in [0.5, 0.6) is 0 Å². The van der Waals surface area contributed by atoms with Gasteiger partial charge in [-0.2, -0.15) is 0 Å². The number of carbonyl (C=O) groups is 1. The monoisotopic (exact) mass is 240 g/mol. The van der Waals surface area contributed by atoms with Crippen molar-refractivity contribution < 1.29 is 9.53 Å². The van der Waals surface area contributed by atoms with Gasteiger partial charge in [0.05, 0.1) is 7.11 Å². The van der Waals surface area contributed by atoms with E-state index in [0.717, 1.165) is 5.56 Å².